The molecule has 1 aromatic carbocycles. The minimum absolute atomic E-state index is 0.313. The summed E-state index contributed by atoms with van der Waals surface area (Å²) in [4.78, 5) is 11.7. The van der Waals surface area contributed by atoms with E-state index in [0.717, 1.165) is 0 Å². The van der Waals surface area contributed by atoms with Gasteiger partial charge in [-0.05, 0) is 46.3 Å². The number of amides is 1. The maximum atomic E-state index is 12.6. The molecule has 0 saturated heterocycles. The molecule has 0 aliphatic carbocycles. The summed E-state index contributed by atoms with van der Waals surface area (Å²) in [5.74, 6) is -0.658. The second-order valence-electron chi connectivity index (χ2n) is 3.07. The van der Waals surface area contributed by atoms with Gasteiger partial charge in [-0.2, -0.15) is 0 Å². The summed E-state index contributed by atoms with van der Waals surface area (Å²) >= 11 is 3.10. The van der Waals surface area contributed by atoms with Crippen LogP contribution in [0.5, 0.6) is 0 Å². The maximum Gasteiger partial charge on any atom is 0.260 e. The summed E-state index contributed by atoms with van der Waals surface area (Å²) in [5, 5.41) is 2.62. The highest BCUT2D eigenvalue weighted by Crippen LogP contribution is 2.19. The molecule has 0 unspecified atom stereocenters. The lowest BCUT2D eigenvalue weighted by Gasteiger charge is -2.03. The first-order valence-electron chi connectivity index (χ1n) is 4.47. The number of nitrogens with one attached hydrogen (secondary N) is 1. The monoisotopic (exact) mass is 283 g/mol. The maximum absolute atomic E-state index is 12.6. The van der Waals surface area contributed by atoms with Crippen LogP contribution in [0, 0.1) is 5.82 Å². The molecule has 2 aromatic rings. The van der Waals surface area contributed by atoms with Crippen molar-refractivity contribution in [2.24, 2.45) is 0 Å². The van der Waals surface area contributed by atoms with Crippen molar-refractivity contribution in [3.63, 3.8) is 0 Å². The summed E-state index contributed by atoms with van der Waals surface area (Å²) in [6.45, 7) is 0. The Kier molecular flexibility index (Phi) is 3.05. The number of carbonyl (C=O) groups is 1. The van der Waals surface area contributed by atoms with Crippen molar-refractivity contribution in [2.45, 2.75) is 0 Å². The Morgan fingerprint density at radius 2 is 1.94 bits per heavy atom. The van der Waals surface area contributed by atoms with E-state index in [9.17, 15) is 9.18 Å². The molecular formula is C11H7BrFNO2. The molecule has 0 aliphatic heterocycles. The van der Waals surface area contributed by atoms with E-state index in [0.29, 0.717) is 15.9 Å². The predicted molar refractivity (Wildman–Crippen MR) is 60.8 cm³/mol. The highest BCUT2D eigenvalue weighted by Gasteiger charge is 2.12. The zero-order chi connectivity index (χ0) is 11.5. The molecule has 0 fully saturated rings. The van der Waals surface area contributed by atoms with Crippen LogP contribution in [0.25, 0.3) is 0 Å². The van der Waals surface area contributed by atoms with Gasteiger partial charge in [0.2, 0.25) is 0 Å². The molecule has 0 atom stereocenters. The molecule has 3 nitrogen and oxygen atoms in total. The Labute approximate surface area is 99.4 Å². The zero-order valence-electron chi connectivity index (χ0n) is 8.04. The predicted octanol–water partition coefficient (Wildman–Crippen LogP) is 3.43. The van der Waals surface area contributed by atoms with Gasteiger partial charge < -0.3 is 9.73 Å². The molecule has 1 N–H and O–H groups in total. The van der Waals surface area contributed by atoms with Gasteiger partial charge in [0.25, 0.3) is 5.91 Å². The average Bonchev–Trinajstić information content (AvgIpc) is 2.68. The van der Waals surface area contributed by atoms with Crippen molar-refractivity contribution >= 4 is 27.5 Å². The number of halogens is 2. The summed E-state index contributed by atoms with van der Waals surface area (Å²) in [5.41, 5.74) is 0.920. The van der Waals surface area contributed by atoms with Gasteiger partial charge in [-0.15, -0.1) is 0 Å². The fraction of sp³-hybridized carbons (Fsp3) is 0. The smallest absolute Gasteiger partial charge is 0.260 e. The number of anilines is 1. The molecule has 0 spiro atoms. The van der Waals surface area contributed by atoms with Crippen molar-refractivity contribution in [1.29, 1.82) is 0 Å². The number of hydrogen-bond acceptors (Lipinski definition) is 2. The molecule has 0 saturated carbocycles. The molecule has 1 amide bonds. The topological polar surface area (TPSA) is 42.2 Å². The van der Waals surface area contributed by atoms with Gasteiger partial charge in [-0.1, -0.05) is 0 Å². The Morgan fingerprint density at radius 1 is 1.25 bits per heavy atom. The van der Waals surface area contributed by atoms with Gasteiger partial charge in [0.05, 0.1) is 11.8 Å². The van der Waals surface area contributed by atoms with Crippen LogP contribution in [0.2, 0.25) is 0 Å². The number of rotatable bonds is 2. The van der Waals surface area contributed by atoms with Gasteiger partial charge >= 0.3 is 0 Å². The molecule has 0 aliphatic rings. The van der Waals surface area contributed by atoms with Gasteiger partial charge in [0, 0.05) is 5.69 Å². The van der Waals surface area contributed by atoms with Crippen molar-refractivity contribution in [3.8, 4) is 0 Å². The van der Waals surface area contributed by atoms with Crippen molar-refractivity contribution in [2.75, 3.05) is 5.32 Å². The van der Waals surface area contributed by atoms with Crippen LogP contribution in [0.3, 0.4) is 0 Å². The van der Waals surface area contributed by atoms with Crippen LogP contribution in [-0.2, 0) is 0 Å². The first-order valence-corrected chi connectivity index (χ1v) is 5.26. The third-order valence-electron chi connectivity index (χ3n) is 1.96. The van der Waals surface area contributed by atoms with Crippen LogP contribution in [0.4, 0.5) is 10.1 Å². The van der Waals surface area contributed by atoms with Gasteiger partial charge in [-0.3, -0.25) is 4.79 Å². The highest BCUT2D eigenvalue weighted by atomic mass is 79.9. The Balaban J connectivity index is 2.14. The largest absolute Gasteiger partial charge is 0.457 e. The first-order chi connectivity index (χ1) is 7.66. The van der Waals surface area contributed by atoms with E-state index in [1.807, 2.05) is 0 Å². The van der Waals surface area contributed by atoms with Crippen LogP contribution in [0.15, 0.2) is 45.7 Å². The summed E-state index contributed by atoms with van der Waals surface area (Å²) in [7, 11) is 0. The molecule has 5 heteroatoms. The fourth-order valence-corrected chi connectivity index (χ4v) is 1.61. The number of benzene rings is 1. The minimum atomic E-state index is -0.345. The van der Waals surface area contributed by atoms with E-state index in [4.69, 9.17) is 4.42 Å². The van der Waals surface area contributed by atoms with Crippen LogP contribution >= 0.6 is 15.9 Å². The second-order valence-corrected chi connectivity index (χ2v) is 3.79. The normalized spacial score (nSPS) is 10.1. The van der Waals surface area contributed by atoms with Crippen molar-refractivity contribution < 1.29 is 13.6 Å². The SMILES string of the molecule is O=C(Nc1ccc(F)cc1)c1ccoc1Br. The fourth-order valence-electron chi connectivity index (χ4n) is 1.19. The average molecular weight is 284 g/mol. The van der Waals surface area contributed by atoms with E-state index in [-0.39, 0.29) is 11.7 Å². The van der Waals surface area contributed by atoms with Crippen molar-refractivity contribution in [1.82, 2.24) is 0 Å². The Bertz CT molecular complexity index is 507. The molecule has 82 valence electrons. The molecule has 1 aromatic heterocycles. The highest BCUT2D eigenvalue weighted by molar-refractivity contribution is 9.10. The third-order valence-corrected chi connectivity index (χ3v) is 2.58. The molecule has 1 heterocycles. The Hall–Kier alpha value is -1.62. The van der Waals surface area contributed by atoms with Gasteiger partial charge in [-0.25, -0.2) is 4.39 Å². The molecule has 0 bridgehead atoms. The Morgan fingerprint density at radius 3 is 2.50 bits per heavy atom. The van der Waals surface area contributed by atoms with E-state index < -0.39 is 0 Å². The second kappa shape index (κ2) is 4.49. The number of furan rings is 1. The van der Waals surface area contributed by atoms with Crippen LogP contribution in [0.1, 0.15) is 10.4 Å². The lowest BCUT2D eigenvalue weighted by molar-refractivity contribution is 0.102. The molecule has 2 rings (SSSR count). The molecule has 0 radical (unpaired) electrons. The summed E-state index contributed by atoms with van der Waals surface area (Å²) in [6, 6.07) is 7.07. The van der Waals surface area contributed by atoms with E-state index >= 15 is 0 Å². The molecule has 16 heavy (non-hydrogen) atoms. The van der Waals surface area contributed by atoms with Gasteiger partial charge in [0.1, 0.15) is 5.82 Å². The number of hydrogen-bond donors (Lipinski definition) is 1. The van der Waals surface area contributed by atoms with Crippen LogP contribution < -0.4 is 5.32 Å². The third kappa shape index (κ3) is 2.30. The quantitative estimate of drug-likeness (QED) is 0.918. The first kappa shape index (κ1) is 10.9. The summed E-state index contributed by atoms with van der Waals surface area (Å²) in [6.07, 6.45) is 1.41. The van der Waals surface area contributed by atoms with E-state index in [1.165, 1.54) is 30.5 Å². The standard InChI is InChI=1S/C11H7BrFNO2/c12-10-9(5-6-16-10)11(15)14-8-3-1-7(13)2-4-8/h1-6H,(H,14,15). The van der Waals surface area contributed by atoms with E-state index in [1.54, 1.807) is 6.07 Å². The minimum Gasteiger partial charge on any atom is -0.457 e. The van der Waals surface area contributed by atoms with Crippen LogP contribution in [-0.4, -0.2) is 5.91 Å². The summed E-state index contributed by atoms with van der Waals surface area (Å²) < 4.78 is 17.9. The molecular weight excluding hydrogens is 277 g/mol. The number of carbonyl (C=O) groups excluding carboxylic acids is 1. The van der Waals surface area contributed by atoms with E-state index in [2.05, 4.69) is 21.2 Å². The lowest BCUT2D eigenvalue weighted by atomic mass is 10.2. The van der Waals surface area contributed by atoms with Crippen molar-refractivity contribution in [3.05, 3.63) is 52.6 Å². The lowest BCUT2D eigenvalue weighted by Crippen LogP contribution is -2.11. The van der Waals surface area contributed by atoms with Gasteiger partial charge in [0.15, 0.2) is 4.67 Å². The zero-order valence-corrected chi connectivity index (χ0v) is 9.62.